The van der Waals surface area contributed by atoms with Gasteiger partial charge in [0.15, 0.2) is 0 Å². The third-order valence-corrected chi connectivity index (χ3v) is 2.10. The fraction of sp³-hybridized carbons (Fsp3) is 0.571. The normalized spacial score (nSPS) is 10.2. The highest BCUT2D eigenvalue weighted by molar-refractivity contribution is 7.80. The predicted octanol–water partition coefficient (Wildman–Crippen LogP) is 2.51. The van der Waals surface area contributed by atoms with Crippen molar-refractivity contribution in [3.63, 3.8) is 0 Å². The molecule has 6 N–H and O–H groups in total. The minimum Gasteiger partial charge on any atom is -0.508 e. The average molecular weight is 327 g/mol. The summed E-state index contributed by atoms with van der Waals surface area (Å²) in [6, 6.07) is 6.67. The van der Waals surface area contributed by atoms with Gasteiger partial charge in [0.1, 0.15) is 5.75 Å². The molecule has 1 aromatic rings. The number of benzene rings is 1. The lowest BCUT2D eigenvalue weighted by Crippen LogP contribution is -2.03. The Kier molecular flexibility index (Phi) is 43.2. The summed E-state index contributed by atoms with van der Waals surface area (Å²) in [6.45, 7) is 10.5. The van der Waals surface area contributed by atoms with E-state index in [1.54, 1.807) is 24.3 Å². The van der Waals surface area contributed by atoms with Gasteiger partial charge in [-0.3, -0.25) is 0 Å². The summed E-state index contributed by atoms with van der Waals surface area (Å²) in [5.74, 6) is 0.280. The molecule has 6 heteroatoms. The lowest BCUT2D eigenvalue weighted by molar-refractivity contribution is 0.475. The molecule has 1 fully saturated rings. The lowest BCUT2D eigenvalue weighted by atomic mass is 10.3. The summed E-state index contributed by atoms with van der Waals surface area (Å²) < 4.78 is 0. The Morgan fingerprint density at radius 3 is 1.45 bits per heavy atom. The summed E-state index contributed by atoms with van der Waals surface area (Å²) in [7, 11) is 0. The standard InChI is InChI=1S/C6H6OS.C4H9N.2C2H6.2H2O.H3P/c7-5-1-3-6(8)4-2-5;1-2-4-5-3-1;2*1-2;;;/h1-4,7-8H;5H,1-4H2;2*1-2H3;2*1H2;1H3. The van der Waals surface area contributed by atoms with Gasteiger partial charge in [0.25, 0.3) is 0 Å². The van der Waals surface area contributed by atoms with E-state index >= 15 is 0 Å². The van der Waals surface area contributed by atoms with Crippen LogP contribution in [0.3, 0.4) is 0 Å². The third-order valence-electron chi connectivity index (χ3n) is 1.81. The molecule has 0 radical (unpaired) electrons. The van der Waals surface area contributed by atoms with Gasteiger partial charge in [0.2, 0.25) is 0 Å². The van der Waals surface area contributed by atoms with Crippen molar-refractivity contribution in [3.05, 3.63) is 24.3 Å². The molecular formula is C14H34NO3PS. The lowest BCUT2D eigenvalue weighted by Gasteiger charge is -1.88. The number of hydrogen-bond donors (Lipinski definition) is 3. The first-order valence-corrected chi connectivity index (χ1v) is 6.92. The zero-order chi connectivity index (χ0) is 13.5. The van der Waals surface area contributed by atoms with Crippen LogP contribution in [0.4, 0.5) is 0 Å². The molecule has 1 unspecified atom stereocenters. The number of aromatic hydroxyl groups is 1. The largest absolute Gasteiger partial charge is 0.508 e. The van der Waals surface area contributed by atoms with E-state index in [2.05, 4.69) is 17.9 Å². The van der Waals surface area contributed by atoms with E-state index in [4.69, 9.17) is 5.11 Å². The van der Waals surface area contributed by atoms with Crippen molar-refractivity contribution in [2.45, 2.75) is 45.4 Å². The van der Waals surface area contributed by atoms with Crippen LogP contribution in [-0.2, 0) is 0 Å². The topological polar surface area (TPSA) is 95.3 Å². The minimum absolute atomic E-state index is 0. The summed E-state index contributed by atoms with van der Waals surface area (Å²) in [5.41, 5.74) is 0. The molecule has 0 aromatic heterocycles. The van der Waals surface area contributed by atoms with Crippen LogP contribution in [0.15, 0.2) is 29.2 Å². The van der Waals surface area contributed by atoms with Gasteiger partial charge in [-0.15, -0.1) is 12.6 Å². The van der Waals surface area contributed by atoms with Crippen molar-refractivity contribution >= 4 is 22.5 Å². The maximum absolute atomic E-state index is 8.72. The smallest absolute Gasteiger partial charge is 0.115 e. The Hall–Kier alpha value is -0.320. The maximum Gasteiger partial charge on any atom is 0.115 e. The molecule has 2 rings (SSSR count). The summed E-state index contributed by atoms with van der Waals surface area (Å²) >= 11 is 4.02. The summed E-state index contributed by atoms with van der Waals surface area (Å²) in [5, 5.41) is 11.9. The Bertz CT molecular complexity index is 216. The highest BCUT2D eigenvalue weighted by Crippen LogP contribution is 2.11. The summed E-state index contributed by atoms with van der Waals surface area (Å²) in [6.07, 6.45) is 2.78. The fourth-order valence-electron chi connectivity index (χ4n) is 1.08. The van der Waals surface area contributed by atoms with Gasteiger partial charge in [-0.05, 0) is 50.2 Å². The second kappa shape index (κ2) is 27.1. The van der Waals surface area contributed by atoms with Gasteiger partial charge in [-0.2, -0.15) is 9.90 Å². The van der Waals surface area contributed by atoms with Gasteiger partial charge in [0.05, 0.1) is 0 Å². The number of thiol groups is 1. The van der Waals surface area contributed by atoms with E-state index in [0.29, 0.717) is 0 Å². The molecule has 20 heavy (non-hydrogen) atoms. The molecule has 4 nitrogen and oxygen atoms in total. The van der Waals surface area contributed by atoms with Gasteiger partial charge >= 0.3 is 0 Å². The van der Waals surface area contributed by atoms with Crippen LogP contribution in [0, 0.1) is 0 Å². The van der Waals surface area contributed by atoms with Crippen LogP contribution in [0.25, 0.3) is 0 Å². The van der Waals surface area contributed by atoms with E-state index in [-0.39, 0.29) is 26.6 Å². The number of nitrogens with one attached hydrogen (secondary N) is 1. The first kappa shape index (κ1) is 31.9. The van der Waals surface area contributed by atoms with Gasteiger partial charge in [0, 0.05) is 4.90 Å². The molecule has 0 aliphatic carbocycles. The highest BCUT2D eigenvalue weighted by atomic mass is 32.1. The molecule has 0 amide bonds. The van der Waals surface area contributed by atoms with Crippen LogP contribution >= 0.6 is 22.5 Å². The Labute approximate surface area is 133 Å². The van der Waals surface area contributed by atoms with Gasteiger partial charge in [-0.1, -0.05) is 27.7 Å². The average Bonchev–Trinajstić information content (AvgIpc) is 2.97. The van der Waals surface area contributed by atoms with Crippen molar-refractivity contribution in [1.82, 2.24) is 5.32 Å². The maximum atomic E-state index is 8.72. The van der Waals surface area contributed by atoms with Crippen LogP contribution in [-0.4, -0.2) is 29.1 Å². The van der Waals surface area contributed by atoms with Crippen molar-refractivity contribution in [3.8, 4) is 5.75 Å². The van der Waals surface area contributed by atoms with Crippen molar-refractivity contribution in [2.75, 3.05) is 13.1 Å². The van der Waals surface area contributed by atoms with Crippen molar-refractivity contribution < 1.29 is 16.1 Å². The van der Waals surface area contributed by atoms with Crippen LogP contribution in [0.1, 0.15) is 40.5 Å². The Morgan fingerprint density at radius 1 is 0.900 bits per heavy atom. The molecule has 124 valence electrons. The monoisotopic (exact) mass is 327 g/mol. The van der Waals surface area contributed by atoms with Crippen LogP contribution in [0.2, 0.25) is 0 Å². The fourth-order valence-corrected chi connectivity index (χ4v) is 1.23. The van der Waals surface area contributed by atoms with E-state index in [1.165, 1.54) is 25.9 Å². The molecular weight excluding hydrogens is 293 g/mol. The van der Waals surface area contributed by atoms with Crippen LogP contribution in [0.5, 0.6) is 5.75 Å². The number of hydrogen-bond acceptors (Lipinski definition) is 3. The second-order valence-corrected chi connectivity index (χ2v) is 3.49. The zero-order valence-electron chi connectivity index (χ0n) is 13.2. The van der Waals surface area contributed by atoms with E-state index in [1.807, 2.05) is 27.7 Å². The molecule has 1 atom stereocenters. The Morgan fingerprint density at radius 2 is 1.25 bits per heavy atom. The molecule has 1 saturated heterocycles. The first-order chi connectivity index (χ1) is 8.29. The molecule has 1 aromatic carbocycles. The number of phenols is 1. The highest BCUT2D eigenvalue weighted by Gasteiger charge is 1.93. The number of phenolic OH excluding ortho intramolecular Hbond substituents is 1. The van der Waals surface area contributed by atoms with E-state index in [0.717, 1.165) is 4.90 Å². The van der Waals surface area contributed by atoms with Gasteiger partial charge < -0.3 is 21.4 Å². The minimum atomic E-state index is 0. The molecule has 1 heterocycles. The van der Waals surface area contributed by atoms with Crippen molar-refractivity contribution in [1.29, 1.82) is 0 Å². The quantitative estimate of drug-likeness (QED) is 0.504. The van der Waals surface area contributed by atoms with Crippen molar-refractivity contribution in [2.24, 2.45) is 0 Å². The van der Waals surface area contributed by atoms with E-state index < -0.39 is 0 Å². The Balaban J connectivity index is -0.0000000556. The van der Waals surface area contributed by atoms with E-state index in [9.17, 15) is 0 Å². The molecule has 0 saturated carbocycles. The zero-order valence-corrected chi connectivity index (χ0v) is 15.5. The molecule has 1 aliphatic heterocycles. The molecule has 0 spiro atoms. The van der Waals surface area contributed by atoms with Gasteiger partial charge in [-0.25, -0.2) is 0 Å². The SMILES string of the molecule is C1CCNC1.CC.CC.O.O.Oc1ccc(S)cc1.P. The summed E-state index contributed by atoms with van der Waals surface area (Å²) in [4.78, 5) is 0.864. The molecule has 0 bridgehead atoms. The first-order valence-electron chi connectivity index (χ1n) is 6.48. The third kappa shape index (κ3) is 22.8. The molecule has 1 aliphatic rings. The number of rotatable bonds is 0. The predicted molar refractivity (Wildman–Crippen MR) is 98.5 cm³/mol. The second-order valence-electron chi connectivity index (χ2n) is 2.97. The van der Waals surface area contributed by atoms with Crippen LogP contribution < -0.4 is 5.32 Å².